The molecule has 0 N–H and O–H groups in total. The second-order valence-corrected chi connectivity index (χ2v) is 5.73. The molecule has 1 saturated carbocycles. The van der Waals surface area contributed by atoms with Crippen molar-refractivity contribution in [2.45, 2.75) is 42.2 Å². The fourth-order valence-electron chi connectivity index (χ4n) is 2.32. The summed E-state index contributed by atoms with van der Waals surface area (Å²) in [6.07, 6.45) is 6.11. The van der Waals surface area contributed by atoms with E-state index in [0.29, 0.717) is 5.92 Å². The Bertz CT molecular complexity index is 390. The van der Waals surface area contributed by atoms with Crippen LogP contribution in [0.4, 0.5) is 4.39 Å². The van der Waals surface area contributed by atoms with E-state index in [1.165, 1.54) is 31.4 Å². The molecule has 1 fully saturated rings. The van der Waals surface area contributed by atoms with E-state index in [1.807, 2.05) is 0 Å². The molecule has 1 aromatic carbocycles. The van der Waals surface area contributed by atoms with Crippen molar-refractivity contribution in [3.05, 3.63) is 30.1 Å². The second kappa shape index (κ2) is 6.07. The third kappa shape index (κ3) is 3.47. The van der Waals surface area contributed by atoms with E-state index in [-0.39, 0.29) is 11.1 Å². The molecule has 0 bridgehead atoms. The van der Waals surface area contributed by atoms with E-state index < -0.39 is 0 Å². The van der Waals surface area contributed by atoms with Gasteiger partial charge in [-0.05, 0) is 43.0 Å². The van der Waals surface area contributed by atoms with Gasteiger partial charge in [-0.1, -0.05) is 19.3 Å². The zero-order valence-corrected chi connectivity index (χ0v) is 10.5. The van der Waals surface area contributed by atoms with Crippen molar-refractivity contribution in [2.75, 3.05) is 0 Å². The second-order valence-electron chi connectivity index (χ2n) is 4.52. The molecule has 1 aromatic rings. The Kier molecular flexibility index (Phi) is 4.44. The number of hydrogen-bond donors (Lipinski definition) is 0. The number of halogens is 1. The maximum Gasteiger partial charge on any atom is 0.123 e. The average molecular weight is 249 g/mol. The van der Waals surface area contributed by atoms with Crippen LogP contribution in [0.5, 0.6) is 0 Å². The van der Waals surface area contributed by atoms with Gasteiger partial charge < -0.3 is 0 Å². The van der Waals surface area contributed by atoms with Crippen molar-refractivity contribution < 1.29 is 4.39 Å². The molecule has 0 aliphatic heterocycles. The highest BCUT2D eigenvalue weighted by Gasteiger charge is 2.24. The summed E-state index contributed by atoms with van der Waals surface area (Å²) in [6, 6.07) is 8.83. The van der Waals surface area contributed by atoms with Crippen LogP contribution in [0.25, 0.3) is 0 Å². The molecular formula is C14H16FNS. The zero-order valence-electron chi connectivity index (χ0n) is 9.73. The highest BCUT2D eigenvalue weighted by molar-refractivity contribution is 8.00. The van der Waals surface area contributed by atoms with Crippen molar-refractivity contribution in [2.24, 2.45) is 5.92 Å². The van der Waals surface area contributed by atoms with Crippen LogP contribution in [-0.4, -0.2) is 5.25 Å². The monoisotopic (exact) mass is 249 g/mol. The third-order valence-electron chi connectivity index (χ3n) is 3.28. The molecule has 0 aromatic heterocycles. The van der Waals surface area contributed by atoms with Gasteiger partial charge in [-0.3, -0.25) is 0 Å². The standard InChI is InChI=1S/C14H16FNS/c15-12-6-8-13(9-7-12)17-14(10-16)11-4-2-1-3-5-11/h6-9,11,14H,1-5H2. The summed E-state index contributed by atoms with van der Waals surface area (Å²) in [5, 5.41) is 9.26. The Morgan fingerprint density at radius 2 is 1.82 bits per heavy atom. The maximum absolute atomic E-state index is 12.8. The minimum atomic E-state index is -0.222. The highest BCUT2D eigenvalue weighted by Crippen LogP contribution is 2.35. The summed E-state index contributed by atoms with van der Waals surface area (Å²) in [7, 11) is 0. The molecule has 0 radical (unpaired) electrons. The first kappa shape index (κ1) is 12.4. The first-order chi connectivity index (χ1) is 8.29. The SMILES string of the molecule is N#CC(Sc1ccc(F)cc1)C1CCCCC1. The number of nitriles is 1. The lowest BCUT2D eigenvalue weighted by Gasteiger charge is -2.25. The first-order valence-corrected chi connectivity index (χ1v) is 6.99. The molecule has 1 unspecified atom stereocenters. The lowest BCUT2D eigenvalue weighted by Crippen LogP contribution is -2.18. The summed E-state index contributed by atoms with van der Waals surface area (Å²) in [6.45, 7) is 0. The molecule has 17 heavy (non-hydrogen) atoms. The Labute approximate surface area is 106 Å². The van der Waals surface area contributed by atoms with Crippen LogP contribution in [-0.2, 0) is 0 Å². The van der Waals surface area contributed by atoms with E-state index in [4.69, 9.17) is 0 Å². The smallest absolute Gasteiger partial charge is 0.123 e. The molecule has 0 spiro atoms. The van der Waals surface area contributed by atoms with Gasteiger partial charge in [-0.2, -0.15) is 5.26 Å². The molecule has 1 aliphatic carbocycles. The normalized spacial score (nSPS) is 18.6. The Morgan fingerprint density at radius 1 is 1.18 bits per heavy atom. The molecule has 0 saturated heterocycles. The van der Waals surface area contributed by atoms with Gasteiger partial charge in [0, 0.05) is 4.90 Å². The number of hydrogen-bond acceptors (Lipinski definition) is 2. The van der Waals surface area contributed by atoms with E-state index >= 15 is 0 Å². The molecule has 90 valence electrons. The number of rotatable bonds is 3. The van der Waals surface area contributed by atoms with Crippen LogP contribution in [0.2, 0.25) is 0 Å². The minimum absolute atomic E-state index is 0.0146. The van der Waals surface area contributed by atoms with Gasteiger partial charge in [-0.25, -0.2) is 4.39 Å². The fraction of sp³-hybridized carbons (Fsp3) is 0.500. The van der Waals surface area contributed by atoms with Crippen LogP contribution in [0.1, 0.15) is 32.1 Å². The lowest BCUT2D eigenvalue weighted by molar-refractivity contribution is 0.370. The van der Waals surface area contributed by atoms with Crippen molar-refractivity contribution in [3.63, 3.8) is 0 Å². The predicted molar refractivity (Wildman–Crippen MR) is 68.2 cm³/mol. The topological polar surface area (TPSA) is 23.8 Å². The van der Waals surface area contributed by atoms with Crippen molar-refractivity contribution in [1.82, 2.24) is 0 Å². The van der Waals surface area contributed by atoms with Gasteiger partial charge in [0.25, 0.3) is 0 Å². The number of nitrogens with zero attached hydrogens (tertiary/aromatic N) is 1. The minimum Gasteiger partial charge on any atom is -0.207 e. The summed E-state index contributed by atoms with van der Waals surface area (Å²) in [5.74, 6) is 0.282. The average Bonchev–Trinajstić information content (AvgIpc) is 2.39. The fourth-order valence-corrected chi connectivity index (χ4v) is 3.43. The Hall–Kier alpha value is -1.01. The number of thioether (sulfide) groups is 1. The van der Waals surface area contributed by atoms with Gasteiger partial charge in [-0.15, -0.1) is 11.8 Å². The van der Waals surface area contributed by atoms with Gasteiger partial charge in [0.1, 0.15) is 5.82 Å². The quantitative estimate of drug-likeness (QED) is 0.742. The van der Waals surface area contributed by atoms with Gasteiger partial charge >= 0.3 is 0 Å². The Balaban J connectivity index is 1.99. The predicted octanol–water partition coefficient (Wildman–Crippen LogP) is 4.39. The number of benzene rings is 1. The molecule has 1 aliphatic rings. The maximum atomic E-state index is 12.8. The van der Waals surface area contributed by atoms with Gasteiger partial charge in [0.15, 0.2) is 0 Å². The van der Waals surface area contributed by atoms with E-state index in [2.05, 4.69) is 6.07 Å². The molecule has 2 rings (SSSR count). The van der Waals surface area contributed by atoms with E-state index in [0.717, 1.165) is 17.7 Å². The first-order valence-electron chi connectivity index (χ1n) is 6.11. The van der Waals surface area contributed by atoms with Crippen LogP contribution >= 0.6 is 11.8 Å². The van der Waals surface area contributed by atoms with Crippen molar-refractivity contribution >= 4 is 11.8 Å². The van der Waals surface area contributed by atoms with Crippen LogP contribution in [0, 0.1) is 23.1 Å². The van der Waals surface area contributed by atoms with Crippen molar-refractivity contribution in [3.8, 4) is 6.07 Å². The summed E-state index contributed by atoms with van der Waals surface area (Å²) >= 11 is 1.58. The molecule has 0 heterocycles. The molecule has 1 atom stereocenters. The Morgan fingerprint density at radius 3 is 2.41 bits per heavy atom. The van der Waals surface area contributed by atoms with E-state index in [1.54, 1.807) is 23.9 Å². The van der Waals surface area contributed by atoms with Crippen LogP contribution in [0.15, 0.2) is 29.2 Å². The van der Waals surface area contributed by atoms with E-state index in [9.17, 15) is 9.65 Å². The van der Waals surface area contributed by atoms with Gasteiger partial charge in [0.05, 0.1) is 11.3 Å². The molecule has 3 heteroatoms. The summed E-state index contributed by atoms with van der Waals surface area (Å²) in [5.41, 5.74) is 0. The highest BCUT2D eigenvalue weighted by atomic mass is 32.2. The largest absolute Gasteiger partial charge is 0.207 e. The van der Waals surface area contributed by atoms with Crippen molar-refractivity contribution in [1.29, 1.82) is 5.26 Å². The summed E-state index contributed by atoms with van der Waals surface area (Å²) < 4.78 is 12.8. The molecule has 1 nitrogen and oxygen atoms in total. The molecule has 0 amide bonds. The zero-order chi connectivity index (χ0) is 12.1. The van der Waals surface area contributed by atoms with Crippen LogP contribution in [0.3, 0.4) is 0 Å². The summed E-state index contributed by atoms with van der Waals surface area (Å²) in [4.78, 5) is 0.989. The third-order valence-corrected chi connectivity index (χ3v) is 4.57. The van der Waals surface area contributed by atoms with Crippen LogP contribution < -0.4 is 0 Å². The van der Waals surface area contributed by atoms with Gasteiger partial charge in [0.2, 0.25) is 0 Å². The molecular weight excluding hydrogens is 233 g/mol. The lowest BCUT2D eigenvalue weighted by atomic mass is 9.87.